The summed E-state index contributed by atoms with van der Waals surface area (Å²) in [4.78, 5) is 0. The first-order valence-electron chi connectivity index (χ1n) is 7.00. The molecule has 1 aliphatic heterocycles. The molecule has 0 radical (unpaired) electrons. The van der Waals surface area contributed by atoms with Crippen LogP contribution in [0.15, 0.2) is 24.3 Å². The molecule has 1 aromatic rings. The second-order valence-corrected chi connectivity index (χ2v) is 4.70. The maximum absolute atomic E-state index is 8.57. The van der Waals surface area contributed by atoms with E-state index in [1.807, 2.05) is 0 Å². The Morgan fingerprint density at radius 3 is 3.11 bits per heavy atom. The Morgan fingerprint density at radius 1 is 1.32 bits per heavy atom. The normalized spacial score (nSPS) is 18.3. The lowest BCUT2D eigenvalue weighted by Crippen LogP contribution is -2.28. The summed E-state index contributed by atoms with van der Waals surface area (Å²) >= 11 is 0. The van der Waals surface area contributed by atoms with Crippen molar-refractivity contribution in [1.82, 2.24) is 5.32 Å². The van der Waals surface area contributed by atoms with E-state index in [1.165, 1.54) is 11.1 Å². The van der Waals surface area contributed by atoms with Crippen LogP contribution in [0.2, 0.25) is 0 Å². The second kappa shape index (κ2) is 8.27. The van der Waals surface area contributed by atoms with Crippen LogP contribution in [-0.2, 0) is 15.9 Å². The van der Waals surface area contributed by atoms with Crippen molar-refractivity contribution in [1.29, 1.82) is 0 Å². The van der Waals surface area contributed by atoms with Gasteiger partial charge in [-0.2, -0.15) is 0 Å². The lowest BCUT2D eigenvalue weighted by atomic mass is 9.97. The van der Waals surface area contributed by atoms with Crippen molar-refractivity contribution in [3.05, 3.63) is 35.4 Å². The minimum Gasteiger partial charge on any atom is -0.394 e. The predicted octanol–water partition coefficient (Wildman–Crippen LogP) is 1.29. The molecule has 4 heteroatoms. The zero-order valence-corrected chi connectivity index (χ0v) is 11.3. The van der Waals surface area contributed by atoms with Crippen LogP contribution in [0.4, 0.5) is 0 Å². The van der Waals surface area contributed by atoms with E-state index in [2.05, 4.69) is 29.6 Å². The number of rotatable bonds is 8. The zero-order valence-electron chi connectivity index (χ0n) is 11.3. The predicted molar refractivity (Wildman–Crippen MR) is 74.2 cm³/mol. The molecular formula is C15H23NO3. The molecule has 0 saturated carbocycles. The van der Waals surface area contributed by atoms with Gasteiger partial charge in [0.25, 0.3) is 0 Å². The molecule has 0 fully saturated rings. The minimum atomic E-state index is 0.0973. The third-order valence-electron chi connectivity index (χ3n) is 3.30. The molecule has 2 N–H and O–H groups in total. The monoisotopic (exact) mass is 265 g/mol. The van der Waals surface area contributed by atoms with Gasteiger partial charge in [-0.3, -0.25) is 0 Å². The van der Waals surface area contributed by atoms with Gasteiger partial charge >= 0.3 is 0 Å². The highest BCUT2D eigenvalue weighted by Crippen LogP contribution is 2.25. The Morgan fingerprint density at radius 2 is 2.21 bits per heavy atom. The number of hydrogen-bond acceptors (Lipinski definition) is 4. The van der Waals surface area contributed by atoms with Gasteiger partial charge in [0.1, 0.15) is 0 Å². The summed E-state index contributed by atoms with van der Waals surface area (Å²) in [5.41, 5.74) is 2.73. The van der Waals surface area contributed by atoms with Gasteiger partial charge in [0.05, 0.1) is 25.9 Å². The summed E-state index contributed by atoms with van der Waals surface area (Å²) in [6.45, 7) is 3.78. The van der Waals surface area contributed by atoms with E-state index in [0.29, 0.717) is 13.2 Å². The van der Waals surface area contributed by atoms with Gasteiger partial charge in [-0.05, 0) is 30.5 Å². The smallest absolute Gasteiger partial charge is 0.0952 e. The second-order valence-electron chi connectivity index (χ2n) is 4.70. The van der Waals surface area contributed by atoms with E-state index >= 15 is 0 Å². The summed E-state index contributed by atoms with van der Waals surface area (Å²) in [7, 11) is 0. The number of aliphatic hydroxyl groups excluding tert-OH is 1. The fourth-order valence-electron chi connectivity index (χ4n) is 2.34. The Bertz CT molecular complexity index is 370. The molecule has 2 rings (SSSR count). The maximum Gasteiger partial charge on any atom is 0.0952 e. The molecule has 1 aromatic carbocycles. The number of nitrogens with one attached hydrogen (secondary N) is 1. The molecule has 1 atom stereocenters. The topological polar surface area (TPSA) is 50.7 Å². The first-order chi connectivity index (χ1) is 9.42. The van der Waals surface area contributed by atoms with Crippen molar-refractivity contribution in [3.8, 4) is 0 Å². The number of benzene rings is 1. The standard InChI is InChI=1S/C15H23NO3/c17-8-11-18-9-3-7-16-12-15-14-5-2-1-4-13(14)6-10-19-15/h1-2,4-5,15-17H,3,6-12H2. The highest BCUT2D eigenvalue weighted by atomic mass is 16.5. The van der Waals surface area contributed by atoms with Crippen LogP contribution < -0.4 is 5.32 Å². The van der Waals surface area contributed by atoms with E-state index in [1.54, 1.807) is 0 Å². The van der Waals surface area contributed by atoms with E-state index in [0.717, 1.165) is 32.5 Å². The van der Waals surface area contributed by atoms with Gasteiger partial charge in [-0.1, -0.05) is 24.3 Å². The Hall–Kier alpha value is -0.940. The van der Waals surface area contributed by atoms with Gasteiger partial charge in [0, 0.05) is 13.2 Å². The average Bonchev–Trinajstić information content (AvgIpc) is 2.46. The van der Waals surface area contributed by atoms with Crippen molar-refractivity contribution in [3.63, 3.8) is 0 Å². The van der Waals surface area contributed by atoms with Crippen molar-refractivity contribution >= 4 is 0 Å². The van der Waals surface area contributed by atoms with Crippen molar-refractivity contribution in [2.24, 2.45) is 0 Å². The largest absolute Gasteiger partial charge is 0.394 e. The average molecular weight is 265 g/mol. The fourth-order valence-corrected chi connectivity index (χ4v) is 2.34. The molecule has 19 heavy (non-hydrogen) atoms. The molecule has 0 aliphatic carbocycles. The highest BCUT2D eigenvalue weighted by Gasteiger charge is 2.19. The molecule has 106 valence electrons. The summed E-state index contributed by atoms with van der Waals surface area (Å²) in [5, 5.41) is 12.0. The molecule has 0 amide bonds. The first kappa shape index (κ1) is 14.5. The molecule has 0 bridgehead atoms. The van der Waals surface area contributed by atoms with Crippen LogP contribution in [-0.4, -0.2) is 44.6 Å². The van der Waals surface area contributed by atoms with Gasteiger partial charge < -0.3 is 19.9 Å². The SMILES string of the molecule is OCCOCCCNCC1OCCc2ccccc21. The van der Waals surface area contributed by atoms with Crippen molar-refractivity contribution < 1.29 is 14.6 Å². The summed E-state index contributed by atoms with van der Waals surface area (Å²) < 4.78 is 11.0. The molecule has 4 nitrogen and oxygen atoms in total. The van der Waals surface area contributed by atoms with Gasteiger partial charge in [-0.25, -0.2) is 0 Å². The Kier molecular flexibility index (Phi) is 6.30. The third kappa shape index (κ3) is 4.58. The molecule has 1 unspecified atom stereocenters. The highest BCUT2D eigenvalue weighted by molar-refractivity contribution is 5.31. The minimum absolute atomic E-state index is 0.0973. The number of hydrogen-bond donors (Lipinski definition) is 2. The molecular weight excluding hydrogens is 242 g/mol. The van der Waals surface area contributed by atoms with E-state index in [9.17, 15) is 0 Å². The molecule has 1 aliphatic rings. The number of aliphatic hydroxyl groups is 1. The quantitative estimate of drug-likeness (QED) is 0.695. The number of ether oxygens (including phenoxy) is 2. The summed E-state index contributed by atoms with van der Waals surface area (Å²) in [5.74, 6) is 0. The Balaban J connectivity index is 1.67. The fraction of sp³-hybridized carbons (Fsp3) is 0.600. The molecule has 0 spiro atoms. The third-order valence-corrected chi connectivity index (χ3v) is 3.30. The van der Waals surface area contributed by atoms with Gasteiger partial charge in [-0.15, -0.1) is 0 Å². The van der Waals surface area contributed by atoms with Crippen LogP contribution in [0.3, 0.4) is 0 Å². The lowest BCUT2D eigenvalue weighted by molar-refractivity contribution is 0.0417. The van der Waals surface area contributed by atoms with E-state index < -0.39 is 0 Å². The molecule has 0 aromatic heterocycles. The molecule has 1 heterocycles. The summed E-state index contributed by atoms with van der Waals surface area (Å²) in [6.07, 6.45) is 2.14. The van der Waals surface area contributed by atoms with Crippen molar-refractivity contribution in [2.45, 2.75) is 18.9 Å². The van der Waals surface area contributed by atoms with Crippen LogP contribution in [0.25, 0.3) is 0 Å². The van der Waals surface area contributed by atoms with Crippen LogP contribution >= 0.6 is 0 Å². The molecule has 0 saturated heterocycles. The first-order valence-corrected chi connectivity index (χ1v) is 7.00. The van der Waals surface area contributed by atoms with Crippen LogP contribution in [0, 0.1) is 0 Å². The summed E-state index contributed by atoms with van der Waals surface area (Å²) in [6, 6.07) is 8.51. The van der Waals surface area contributed by atoms with Gasteiger partial charge in [0.15, 0.2) is 0 Å². The van der Waals surface area contributed by atoms with Crippen LogP contribution in [0.1, 0.15) is 23.7 Å². The lowest BCUT2D eigenvalue weighted by Gasteiger charge is -2.26. The zero-order chi connectivity index (χ0) is 13.3. The van der Waals surface area contributed by atoms with Gasteiger partial charge in [0.2, 0.25) is 0 Å². The maximum atomic E-state index is 8.57. The van der Waals surface area contributed by atoms with E-state index in [4.69, 9.17) is 14.6 Å². The Labute approximate surface area is 114 Å². The number of fused-ring (bicyclic) bond motifs is 1. The van der Waals surface area contributed by atoms with Crippen LogP contribution in [0.5, 0.6) is 0 Å². The van der Waals surface area contributed by atoms with Crippen molar-refractivity contribution in [2.75, 3.05) is 39.5 Å². The van der Waals surface area contributed by atoms with E-state index in [-0.39, 0.29) is 12.7 Å².